The summed E-state index contributed by atoms with van der Waals surface area (Å²) in [7, 11) is 2.62. The third-order valence-corrected chi connectivity index (χ3v) is 7.29. The van der Waals surface area contributed by atoms with Crippen LogP contribution in [0.2, 0.25) is 0 Å². The first-order valence-electron chi connectivity index (χ1n) is 12.7. The molecule has 0 unspecified atom stereocenters. The minimum absolute atomic E-state index is 0.0216. The van der Waals surface area contributed by atoms with E-state index in [9.17, 15) is 39.9 Å². The predicted octanol–water partition coefficient (Wildman–Crippen LogP) is 7.40. The number of aryl methyl sites for hydroxylation is 4. The van der Waals surface area contributed by atoms with Crippen molar-refractivity contribution in [2.75, 3.05) is 11.1 Å². The number of carbonyl (C=O) groups excluding carboxylic acids is 1. The number of nitrogen functional groups attached to an aromatic ring is 1. The zero-order valence-electron chi connectivity index (χ0n) is 23.8. The number of nitrogens with two attached hydrogens (primary N) is 1. The largest absolute Gasteiger partial charge is 0.435 e. The molecule has 0 bridgehead atoms. The fraction of sp³-hybridized carbons (Fsp3) is 0.214. The van der Waals surface area contributed by atoms with Crippen molar-refractivity contribution in [2.45, 2.75) is 26.2 Å². The summed E-state index contributed by atoms with van der Waals surface area (Å²) in [6, 6.07) is 9.13. The van der Waals surface area contributed by atoms with Crippen LogP contribution >= 0.6 is 11.3 Å². The molecule has 3 aromatic heterocycles. The van der Waals surface area contributed by atoms with Gasteiger partial charge in [-0.15, -0.1) is 11.3 Å². The molecule has 238 valence electrons. The number of thiazole rings is 1. The standard InChI is InChI=1S/C17H14F4N4OS.C11H9F4N3/c1-8-15(27-9(2)22-8)16(26)23-10-4-5-11(12(18)6-10)13-7-14(17(19,20)21)24-25(13)3;1-18-9(5-10(17-18)11(13,14)15)7-3-2-6(16)4-8(7)12/h4-7H,1-3H3,(H,23,26);2-5H,16H2,1H3. The van der Waals surface area contributed by atoms with Crippen molar-refractivity contribution in [2.24, 2.45) is 14.1 Å². The molecule has 3 N–H and O–H groups in total. The fourth-order valence-electron chi connectivity index (χ4n) is 4.19. The topological polar surface area (TPSA) is 104 Å². The summed E-state index contributed by atoms with van der Waals surface area (Å²) < 4.78 is 106. The number of carbonyl (C=O) groups is 1. The summed E-state index contributed by atoms with van der Waals surface area (Å²) in [5.41, 5.74) is 4.16. The monoisotopic (exact) mass is 657 g/mol. The van der Waals surface area contributed by atoms with Gasteiger partial charge in [0.2, 0.25) is 0 Å². The number of hydrogen-bond acceptors (Lipinski definition) is 6. The number of anilines is 2. The Kier molecular flexibility index (Phi) is 9.05. The lowest BCUT2D eigenvalue weighted by Crippen LogP contribution is -2.11. The third kappa shape index (κ3) is 7.47. The summed E-state index contributed by atoms with van der Waals surface area (Å²) in [4.78, 5) is 16.9. The molecule has 17 heteroatoms. The van der Waals surface area contributed by atoms with Crippen molar-refractivity contribution in [3.8, 4) is 22.5 Å². The maximum Gasteiger partial charge on any atom is 0.435 e. The smallest absolute Gasteiger partial charge is 0.399 e. The maximum absolute atomic E-state index is 14.5. The minimum atomic E-state index is -4.62. The van der Waals surface area contributed by atoms with E-state index in [1.165, 1.54) is 49.7 Å². The minimum Gasteiger partial charge on any atom is -0.399 e. The van der Waals surface area contributed by atoms with Crippen LogP contribution in [0.5, 0.6) is 0 Å². The van der Waals surface area contributed by atoms with Crippen molar-refractivity contribution >= 4 is 28.6 Å². The second-order valence-electron chi connectivity index (χ2n) is 9.61. The molecular weight excluding hydrogens is 634 g/mol. The molecule has 0 aliphatic carbocycles. The number of rotatable bonds is 4. The van der Waals surface area contributed by atoms with Crippen LogP contribution in [0.25, 0.3) is 22.5 Å². The normalized spacial score (nSPS) is 11.7. The van der Waals surface area contributed by atoms with Gasteiger partial charge in [0.25, 0.3) is 5.91 Å². The van der Waals surface area contributed by atoms with E-state index in [0.29, 0.717) is 10.6 Å². The van der Waals surface area contributed by atoms with Gasteiger partial charge in [0.05, 0.1) is 22.1 Å². The number of aromatic nitrogens is 5. The number of halogens is 8. The van der Waals surface area contributed by atoms with Gasteiger partial charge in [-0.1, -0.05) is 0 Å². The Bertz CT molecular complexity index is 1870. The van der Waals surface area contributed by atoms with E-state index in [1.807, 2.05) is 0 Å². The molecule has 0 saturated carbocycles. The van der Waals surface area contributed by atoms with Gasteiger partial charge < -0.3 is 11.1 Å². The lowest BCUT2D eigenvalue weighted by Gasteiger charge is -2.08. The van der Waals surface area contributed by atoms with Crippen LogP contribution in [0, 0.1) is 25.5 Å². The van der Waals surface area contributed by atoms with Crippen molar-refractivity contribution in [3.05, 3.63) is 87.1 Å². The Morgan fingerprint density at radius 2 is 1.29 bits per heavy atom. The first kappa shape index (κ1) is 33.1. The van der Waals surface area contributed by atoms with Crippen LogP contribution in [0.3, 0.4) is 0 Å². The van der Waals surface area contributed by atoms with Crippen LogP contribution < -0.4 is 11.1 Å². The lowest BCUT2D eigenvalue weighted by atomic mass is 10.1. The Morgan fingerprint density at radius 3 is 1.69 bits per heavy atom. The number of amides is 1. The SMILES string of the molecule is Cc1nc(C)c(C(=O)Nc2ccc(-c3cc(C(F)(F)F)nn3C)c(F)c2)s1.Cn1nc(C(F)(F)F)cc1-c1ccc(N)cc1F. The highest BCUT2D eigenvalue weighted by atomic mass is 32.1. The molecule has 5 rings (SSSR count). The molecule has 2 aromatic carbocycles. The third-order valence-electron chi connectivity index (χ3n) is 6.22. The molecule has 0 aliphatic heterocycles. The number of nitrogens with zero attached hydrogens (tertiary/aromatic N) is 5. The first-order chi connectivity index (χ1) is 20.8. The van der Waals surface area contributed by atoms with Crippen molar-refractivity contribution in [1.29, 1.82) is 0 Å². The van der Waals surface area contributed by atoms with Gasteiger partial charge in [-0.3, -0.25) is 14.2 Å². The molecule has 8 nitrogen and oxygen atoms in total. The van der Waals surface area contributed by atoms with Crippen LogP contribution in [-0.4, -0.2) is 30.5 Å². The highest BCUT2D eigenvalue weighted by Crippen LogP contribution is 2.34. The van der Waals surface area contributed by atoms with Gasteiger partial charge in [0.15, 0.2) is 11.4 Å². The van der Waals surface area contributed by atoms with E-state index >= 15 is 0 Å². The molecule has 0 fully saturated rings. The number of alkyl halides is 6. The Hall–Kier alpha value is -4.80. The van der Waals surface area contributed by atoms with Crippen LogP contribution in [0.1, 0.15) is 31.8 Å². The maximum atomic E-state index is 14.5. The molecule has 0 aliphatic rings. The summed E-state index contributed by atoms with van der Waals surface area (Å²) in [6.45, 7) is 3.47. The summed E-state index contributed by atoms with van der Waals surface area (Å²) in [5.74, 6) is -1.89. The average Bonchev–Trinajstić information content (AvgIpc) is 3.60. The van der Waals surface area contributed by atoms with Crippen LogP contribution in [0.4, 0.5) is 46.5 Å². The highest BCUT2D eigenvalue weighted by molar-refractivity contribution is 7.13. The van der Waals surface area contributed by atoms with Crippen molar-refractivity contribution in [1.82, 2.24) is 24.5 Å². The van der Waals surface area contributed by atoms with E-state index in [0.717, 1.165) is 38.6 Å². The van der Waals surface area contributed by atoms with E-state index in [1.54, 1.807) is 13.8 Å². The Morgan fingerprint density at radius 1 is 0.800 bits per heavy atom. The molecule has 0 radical (unpaired) electrons. The number of hydrogen-bond donors (Lipinski definition) is 2. The lowest BCUT2D eigenvalue weighted by molar-refractivity contribution is -0.142. The Labute approximate surface area is 254 Å². The highest BCUT2D eigenvalue weighted by Gasteiger charge is 2.36. The summed E-state index contributed by atoms with van der Waals surface area (Å²) in [5, 5.41) is 9.98. The van der Waals surface area contributed by atoms with Crippen LogP contribution in [0.15, 0.2) is 48.5 Å². The summed E-state index contributed by atoms with van der Waals surface area (Å²) in [6.07, 6.45) is -9.18. The molecule has 0 spiro atoms. The summed E-state index contributed by atoms with van der Waals surface area (Å²) >= 11 is 1.22. The molecule has 5 aromatic rings. The van der Waals surface area contributed by atoms with E-state index in [4.69, 9.17) is 5.73 Å². The van der Waals surface area contributed by atoms with E-state index in [-0.39, 0.29) is 33.9 Å². The predicted molar refractivity (Wildman–Crippen MR) is 151 cm³/mol. The van der Waals surface area contributed by atoms with Gasteiger partial charge in [-0.05, 0) is 62.4 Å². The van der Waals surface area contributed by atoms with Gasteiger partial charge >= 0.3 is 12.4 Å². The van der Waals surface area contributed by atoms with Gasteiger partial charge in [0, 0.05) is 36.6 Å². The van der Waals surface area contributed by atoms with Gasteiger partial charge in [-0.25, -0.2) is 13.8 Å². The molecule has 1 amide bonds. The van der Waals surface area contributed by atoms with Gasteiger partial charge in [-0.2, -0.15) is 36.5 Å². The first-order valence-corrected chi connectivity index (χ1v) is 13.5. The molecule has 0 saturated heterocycles. The molecule has 45 heavy (non-hydrogen) atoms. The zero-order valence-corrected chi connectivity index (χ0v) is 24.6. The van der Waals surface area contributed by atoms with Crippen molar-refractivity contribution in [3.63, 3.8) is 0 Å². The molecular formula is C28H23F8N7OS. The van der Waals surface area contributed by atoms with E-state index in [2.05, 4.69) is 20.5 Å². The molecule has 0 atom stereocenters. The number of benzene rings is 2. The quantitative estimate of drug-likeness (QED) is 0.155. The van der Waals surface area contributed by atoms with Gasteiger partial charge in [0.1, 0.15) is 16.5 Å². The number of nitrogens with one attached hydrogen (secondary N) is 1. The Balaban J connectivity index is 0.000000222. The van der Waals surface area contributed by atoms with Crippen LogP contribution in [-0.2, 0) is 26.4 Å². The fourth-order valence-corrected chi connectivity index (χ4v) is 5.00. The molecule has 3 heterocycles. The second-order valence-corrected chi connectivity index (χ2v) is 10.8. The zero-order chi connectivity index (χ0) is 33.4. The second kappa shape index (κ2) is 12.3. The average molecular weight is 658 g/mol. The van der Waals surface area contributed by atoms with Crippen molar-refractivity contribution < 1.29 is 39.9 Å². The van der Waals surface area contributed by atoms with E-state index < -0.39 is 41.3 Å².